The number of rotatable bonds is 78. The van der Waals surface area contributed by atoms with Crippen LogP contribution in [0.25, 0.3) is 0 Å². The number of hydrogen-bond donors (Lipinski definition) is 1. The molecule has 572 valence electrons. The molecule has 0 bridgehead atoms. The molecule has 0 atom stereocenters. The highest BCUT2D eigenvalue weighted by atomic mass is 16.7. The van der Waals surface area contributed by atoms with Gasteiger partial charge in [-0.05, 0) is 232 Å². The van der Waals surface area contributed by atoms with Gasteiger partial charge in [-0.3, -0.25) is 14.4 Å². The first kappa shape index (κ1) is 94.5. The fourth-order valence-corrected chi connectivity index (χ4v) is 11.0. The molecule has 0 aliphatic heterocycles. The smallest absolute Gasteiger partial charge is 0.305 e. The van der Waals surface area contributed by atoms with Gasteiger partial charge in [0.2, 0.25) is 0 Å². The zero-order chi connectivity index (χ0) is 71.2. The maximum Gasteiger partial charge on any atom is 0.305 e. The first-order valence-electron chi connectivity index (χ1n) is 40.4. The molecule has 0 spiro atoms. The average Bonchev–Trinajstić information content (AvgIpc) is 2.53. The molecule has 0 rings (SSSR count). The van der Waals surface area contributed by atoms with Crippen molar-refractivity contribution in [1.29, 1.82) is 0 Å². The van der Waals surface area contributed by atoms with Gasteiger partial charge in [-0.25, -0.2) is 0 Å². The second-order valence-electron chi connectivity index (χ2n) is 26.0. The largest absolute Gasteiger partial charge is 0.466 e. The quantitative estimate of drug-likeness (QED) is 0.0201. The third-order valence-corrected chi connectivity index (χ3v) is 16.8. The zero-order valence-corrected chi connectivity index (χ0v) is 64.1. The molecule has 0 aromatic rings. The van der Waals surface area contributed by atoms with E-state index < -0.39 is 18.9 Å². The monoisotopic (exact) mass is 1390 g/mol. The highest BCUT2D eigenvalue weighted by Crippen LogP contribution is 2.16. The Hall–Kier alpha value is -3.51. The molecule has 98 heavy (non-hydrogen) atoms. The van der Waals surface area contributed by atoms with Gasteiger partial charge in [0.05, 0.1) is 45.7 Å². The Bertz CT molecular complexity index is 1720. The maximum atomic E-state index is 12.9. The van der Waals surface area contributed by atoms with Crippen molar-refractivity contribution in [2.45, 2.75) is 337 Å². The number of aliphatic hydroxyl groups is 1. The van der Waals surface area contributed by atoms with Crippen LogP contribution in [0, 0.1) is 0 Å². The number of nitrogens with zero attached hydrogens (tertiary/aromatic N) is 2. The molecule has 0 fully saturated rings. The van der Waals surface area contributed by atoms with Crippen LogP contribution in [0.4, 0.5) is 0 Å². The summed E-state index contributed by atoms with van der Waals surface area (Å²) in [5.74, 6) is -0.574. The van der Waals surface area contributed by atoms with Crippen LogP contribution in [0.3, 0.4) is 0 Å². The lowest BCUT2D eigenvalue weighted by atomic mass is 10.1. The summed E-state index contributed by atoms with van der Waals surface area (Å²) in [7, 11) is 0. The third-order valence-electron chi connectivity index (χ3n) is 16.8. The van der Waals surface area contributed by atoms with Crippen LogP contribution in [0.5, 0.6) is 0 Å². The van der Waals surface area contributed by atoms with E-state index in [1.807, 2.05) is 0 Å². The Labute approximate surface area is 601 Å². The number of unbranched alkanes of at least 4 members (excludes halogenated alkanes) is 21. The van der Waals surface area contributed by atoms with Crippen molar-refractivity contribution >= 4 is 17.9 Å². The number of esters is 3. The van der Waals surface area contributed by atoms with E-state index in [4.69, 9.17) is 42.6 Å². The van der Waals surface area contributed by atoms with Crippen LogP contribution in [0.15, 0.2) is 72.9 Å². The predicted molar refractivity (Wildman–Crippen MR) is 407 cm³/mol. The van der Waals surface area contributed by atoms with E-state index in [1.165, 1.54) is 0 Å². The summed E-state index contributed by atoms with van der Waals surface area (Å²) < 4.78 is 53.8. The summed E-state index contributed by atoms with van der Waals surface area (Å²) >= 11 is 0. The van der Waals surface area contributed by atoms with Gasteiger partial charge in [0.25, 0.3) is 0 Å². The van der Waals surface area contributed by atoms with E-state index in [-0.39, 0.29) is 43.8 Å². The van der Waals surface area contributed by atoms with E-state index in [1.54, 1.807) is 0 Å². The molecule has 0 heterocycles. The number of aliphatic hydroxyl groups excluding tert-OH is 1. The number of hydrogen-bond acceptors (Lipinski definition) is 15. The molecule has 0 aliphatic rings. The molecule has 15 nitrogen and oxygen atoms in total. The van der Waals surface area contributed by atoms with Crippen molar-refractivity contribution in [3.8, 4) is 0 Å². The molecular formula is C83H152N2O13. The van der Waals surface area contributed by atoms with Gasteiger partial charge in [-0.1, -0.05) is 153 Å². The molecule has 0 aromatic heterocycles. The second kappa shape index (κ2) is 79.2. The normalized spacial score (nSPS) is 12.4. The lowest BCUT2D eigenvalue weighted by molar-refractivity contribution is -0.159. The summed E-state index contributed by atoms with van der Waals surface area (Å²) in [5, 5.41) is 10.0. The first-order valence-corrected chi connectivity index (χ1v) is 40.4. The topological polar surface area (TPSA) is 161 Å². The number of carbonyl (C=O) groups is 3. The molecule has 0 aromatic carbocycles. The fraction of sp³-hybridized carbons (Fsp3) is 0.819. The molecule has 15 heteroatoms. The van der Waals surface area contributed by atoms with Crippen molar-refractivity contribution in [3.05, 3.63) is 72.9 Å². The molecule has 0 saturated carbocycles. The summed E-state index contributed by atoms with van der Waals surface area (Å²) in [6.07, 6.45) is 65.6. The van der Waals surface area contributed by atoms with Gasteiger partial charge in [-0.15, -0.1) is 0 Å². The lowest BCUT2D eigenvalue weighted by Crippen LogP contribution is -2.33. The SMILES string of the molecule is CC/C=C\CCCCOC(CCC(=O)OCCCCCCN(CCO)CCCN(CCCCCCOC(=O)CCC(OCCCC/C=C\CC)OCCCC/C=C\CC)CCCCCCOC(=O)CCC(OCCCC/C=C\CC)OCCCC/C=C\CC)OCCCC/C=C\CC. The van der Waals surface area contributed by atoms with E-state index in [0.29, 0.717) is 85.3 Å². The Morgan fingerprint density at radius 3 is 0.714 bits per heavy atom. The van der Waals surface area contributed by atoms with Gasteiger partial charge in [0.1, 0.15) is 0 Å². The minimum atomic E-state index is -0.396. The van der Waals surface area contributed by atoms with Crippen LogP contribution in [0.2, 0.25) is 0 Å². The molecule has 0 unspecified atom stereocenters. The van der Waals surface area contributed by atoms with E-state index in [9.17, 15) is 19.5 Å². The summed E-state index contributed by atoms with van der Waals surface area (Å²) in [6, 6.07) is 0. The Morgan fingerprint density at radius 1 is 0.265 bits per heavy atom. The van der Waals surface area contributed by atoms with E-state index >= 15 is 0 Å². The van der Waals surface area contributed by atoms with E-state index in [2.05, 4.69) is 124 Å². The zero-order valence-electron chi connectivity index (χ0n) is 64.1. The van der Waals surface area contributed by atoms with Gasteiger partial charge in [0, 0.05) is 65.4 Å². The van der Waals surface area contributed by atoms with Crippen molar-refractivity contribution in [3.63, 3.8) is 0 Å². The fourth-order valence-electron chi connectivity index (χ4n) is 11.0. The lowest BCUT2D eigenvalue weighted by Gasteiger charge is -2.26. The highest BCUT2D eigenvalue weighted by molar-refractivity contribution is 5.70. The van der Waals surface area contributed by atoms with Gasteiger partial charge in [0.15, 0.2) is 18.9 Å². The Morgan fingerprint density at radius 2 is 0.480 bits per heavy atom. The minimum absolute atomic E-state index is 0.131. The van der Waals surface area contributed by atoms with Crippen LogP contribution in [-0.2, 0) is 57.0 Å². The second-order valence-corrected chi connectivity index (χ2v) is 26.0. The summed E-state index contributed by atoms with van der Waals surface area (Å²) in [5.41, 5.74) is 0. The summed E-state index contributed by atoms with van der Waals surface area (Å²) in [4.78, 5) is 43.6. The molecule has 0 amide bonds. The number of ether oxygens (including phenoxy) is 9. The van der Waals surface area contributed by atoms with Crippen molar-refractivity contribution < 1.29 is 62.1 Å². The third kappa shape index (κ3) is 70.9. The summed E-state index contributed by atoms with van der Waals surface area (Å²) in [6.45, 7) is 23.6. The van der Waals surface area contributed by atoms with Crippen LogP contribution < -0.4 is 0 Å². The standard InChI is InChI=1S/C83H152N2O13/c1-7-13-19-25-34-49-72-93-81(94-73-50-35-26-20-14-8-2)59-56-78(87)90-69-46-40-31-43-62-84(63-44-32-41-47-70-91-79(88)57-60-82(95-74-51-36-27-21-15-9-3)96-75-52-37-28-22-16-10-4)65-55-66-85(67-68-86)64-45-33-42-48-71-92-80(89)58-61-83(97-76-53-38-29-23-17-11-5)98-77-54-39-30-24-18-12-6/h13-24,81-83,86H,7-12,25-77H2,1-6H3/b19-13-,20-14-,21-15-,22-16-,23-17-,24-18-. The maximum absolute atomic E-state index is 12.9. The minimum Gasteiger partial charge on any atom is -0.466 e. The number of carbonyl (C=O) groups excluding carboxylic acids is 3. The van der Waals surface area contributed by atoms with Crippen LogP contribution in [-0.4, -0.2) is 157 Å². The molecule has 0 aliphatic carbocycles. The highest BCUT2D eigenvalue weighted by Gasteiger charge is 2.17. The molecule has 0 radical (unpaired) electrons. The molecule has 0 saturated heterocycles. The van der Waals surface area contributed by atoms with Gasteiger partial charge < -0.3 is 57.5 Å². The Kier molecular flexibility index (Phi) is 76.4. The van der Waals surface area contributed by atoms with Crippen molar-refractivity contribution in [1.82, 2.24) is 9.80 Å². The molecule has 1 N–H and O–H groups in total. The van der Waals surface area contributed by atoms with Crippen molar-refractivity contribution in [2.24, 2.45) is 0 Å². The average molecular weight is 1390 g/mol. The van der Waals surface area contributed by atoms with Crippen LogP contribution in [0.1, 0.15) is 318 Å². The van der Waals surface area contributed by atoms with Crippen LogP contribution >= 0.6 is 0 Å². The van der Waals surface area contributed by atoms with Gasteiger partial charge in [-0.2, -0.15) is 0 Å². The number of allylic oxidation sites excluding steroid dienone is 12. The first-order chi connectivity index (χ1) is 48.3. The Balaban J connectivity index is 5.27. The van der Waals surface area contributed by atoms with E-state index in [0.717, 1.165) is 270 Å². The van der Waals surface area contributed by atoms with Crippen molar-refractivity contribution in [2.75, 3.05) is 105 Å². The predicted octanol–water partition coefficient (Wildman–Crippen LogP) is 20.5. The van der Waals surface area contributed by atoms with Gasteiger partial charge >= 0.3 is 17.9 Å². The molecular weight excluding hydrogens is 1230 g/mol.